The van der Waals surface area contributed by atoms with E-state index in [1.54, 1.807) is 24.5 Å². The van der Waals surface area contributed by atoms with Crippen LogP contribution in [0.4, 0.5) is 5.69 Å². The number of benzene rings is 1. The van der Waals surface area contributed by atoms with Gasteiger partial charge >= 0.3 is 0 Å². The van der Waals surface area contributed by atoms with E-state index in [2.05, 4.69) is 10.3 Å². The molecular formula is C19H23N3O3. The molecule has 1 aliphatic rings. The van der Waals surface area contributed by atoms with E-state index < -0.39 is 0 Å². The van der Waals surface area contributed by atoms with Gasteiger partial charge in [-0.25, -0.2) is 4.98 Å². The molecule has 0 unspecified atom stereocenters. The van der Waals surface area contributed by atoms with Gasteiger partial charge in [0.1, 0.15) is 5.75 Å². The lowest BCUT2D eigenvalue weighted by Gasteiger charge is -2.24. The van der Waals surface area contributed by atoms with Gasteiger partial charge in [0, 0.05) is 30.6 Å². The second-order valence-electron chi connectivity index (χ2n) is 6.23. The fourth-order valence-electron chi connectivity index (χ4n) is 2.78. The molecule has 1 fully saturated rings. The van der Waals surface area contributed by atoms with Crippen molar-refractivity contribution in [2.45, 2.75) is 45.1 Å². The molecule has 1 aromatic carbocycles. The predicted octanol–water partition coefficient (Wildman–Crippen LogP) is 2.94. The van der Waals surface area contributed by atoms with E-state index in [1.807, 2.05) is 19.1 Å². The summed E-state index contributed by atoms with van der Waals surface area (Å²) in [4.78, 5) is 28.6. The summed E-state index contributed by atoms with van der Waals surface area (Å²) in [6, 6.07) is 8.82. The lowest BCUT2D eigenvalue weighted by Crippen LogP contribution is -2.25. The first-order valence-corrected chi connectivity index (χ1v) is 8.75. The monoisotopic (exact) mass is 341 g/mol. The molecule has 0 bridgehead atoms. The van der Waals surface area contributed by atoms with Crippen molar-refractivity contribution < 1.29 is 9.53 Å². The molecule has 0 aliphatic heterocycles. The van der Waals surface area contributed by atoms with E-state index in [9.17, 15) is 9.59 Å². The van der Waals surface area contributed by atoms with Crippen molar-refractivity contribution in [3.63, 3.8) is 0 Å². The molecular weight excluding hydrogens is 318 g/mol. The number of amides is 1. The normalized spacial score (nSPS) is 14.0. The Morgan fingerprint density at radius 1 is 1.32 bits per heavy atom. The van der Waals surface area contributed by atoms with Crippen molar-refractivity contribution in [1.82, 2.24) is 9.55 Å². The van der Waals surface area contributed by atoms with E-state index in [1.165, 1.54) is 11.0 Å². The zero-order chi connectivity index (χ0) is 17.6. The maximum atomic E-state index is 12.1. The van der Waals surface area contributed by atoms with E-state index in [4.69, 9.17) is 4.74 Å². The summed E-state index contributed by atoms with van der Waals surface area (Å²) >= 11 is 0. The number of hydrogen-bond acceptors (Lipinski definition) is 4. The third-order valence-corrected chi connectivity index (χ3v) is 4.45. The summed E-state index contributed by atoms with van der Waals surface area (Å²) < 4.78 is 6.85. The summed E-state index contributed by atoms with van der Waals surface area (Å²) in [5, 5.41) is 2.82. The molecule has 1 saturated carbocycles. The topological polar surface area (TPSA) is 73.2 Å². The minimum Gasteiger partial charge on any atom is -0.494 e. The van der Waals surface area contributed by atoms with Crippen LogP contribution in [0.1, 0.15) is 44.2 Å². The highest BCUT2D eigenvalue weighted by Gasteiger charge is 2.21. The number of nitrogens with one attached hydrogen (secondary N) is 1. The molecule has 25 heavy (non-hydrogen) atoms. The third-order valence-electron chi connectivity index (χ3n) is 4.45. The minimum atomic E-state index is -0.140. The molecule has 1 N–H and O–H groups in total. The molecule has 1 amide bonds. The first kappa shape index (κ1) is 17.2. The van der Waals surface area contributed by atoms with E-state index in [-0.39, 0.29) is 17.9 Å². The van der Waals surface area contributed by atoms with Gasteiger partial charge in [-0.1, -0.05) is 6.42 Å². The fourth-order valence-corrected chi connectivity index (χ4v) is 2.78. The number of aromatic nitrogens is 2. The van der Waals surface area contributed by atoms with Crippen molar-refractivity contribution in [3.8, 4) is 5.75 Å². The third kappa shape index (κ3) is 4.47. The number of carbonyl (C=O) groups is 1. The van der Waals surface area contributed by atoms with Gasteiger partial charge in [0.05, 0.1) is 18.6 Å². The first-order valence-electron chi connectivity index (χ1n) is 8.75. The Balaban J connectivity index is 1.52. The van der Waals surface area contributed by atoms with Gasteiger partial charge in [0.2, 0.25) is 5.91 Å². The standard InChI is InChI=1S/C19H23N3O3/c1-2-25-16-8-6-15(7-9-16)21-18(23)10-11-22-13-20-17(12-19(22)24)14-4-3-5-14/h6-9,12-14H,2-5,10-11H2,1H3,(H,21,23). The van der Waals surface area contributed by atoms with Crippen LogP contribution < -0.4 is 15.6 Å². The number of rotatable bonds is 7. The SMILES string of the molecule is CCOc1ccc(NC(=O)CCn2cnc(C3CCC3)cc2=O)cc1. The minimum absolute atomic E-state index is 0.0919. The molecule has 1 heterocycles. The molecule has 0 radical (unpaired) electrons. The van der Waals surface area contributed by atoms with E-state index in [0.717, 1.165) is 24.3 Å². The van der Waals surface area contributed by atoms with Gasteiger partial charge in [0.25, 0.3) is 5.56 Å². The lowest BCUT2D eigenvalue weighted by atomic mass is 9.83. The van der Waals surface area contributed by atoms with E-state index >= 15 is 0 Å². The molecule has 0 spiro atoms. The Labute approximate surface area is 146 Å². The molecule has 2 aromatic rings. The van der Waals surface area contributed by atoms with Gasteiger partial charge in [-0.3, -0.25) is 14.2 Å². The Kier molecular flexibility index (Phi) is 5.48. The second kappa shape index (κ2) is 7.96. The highest BCUT2D eigenvalue weighted by atomic mass is 16.5. The van der Waals surface area contributed by atoms with Gasteiger partial charge in [-0.05, 0) is 44.0 Å². The van der Waals surface area contributed by atoms with Crippen molar-refractivity contribution in [2.24, 2.45) is 0 Å². The molecule has 0 saturated heterocycles. The Bertz CT molecular complexity index is 779. The van der Waals surface area contributed by atoms with Crippen LogP contribution in [0.2, 0.25) is 0 Å². The molecule has 6 heteroatoms. The highest BCUT2D eigenvalue weighted by molar-refractivity contribution is 5.90. The van der Waals surface area contributed by atoms with Crippen LogP contribution >= 0.6 is 0 Å². The zero-order valence-electron chi connectivity index (χ0n) is 14.4. The van der Waals surface area contributed by atoms with Crippen LogP contribution in [0, 0.1) is 0 Å². The fraction of sp³-hybridized carbons (Fsp3) is 0.421. The summed E-state index contributed by atoms with van der Waals surface area (Å²) in [6.45, 7) is 2.85. The largest absolute Gasteiger partial charge is 0.494 e. The first-order chi connectivity index (χ1) is 12.2. The Morgan fingerprint density at radius 2 is 2.08 bits per heavy atom. The number of carbonyl (C=O) groups excluding carboxylic acids is 1. The molecule has 132 valence electrons. The summed E-state index contributed by atoms with van der Waals surface area (Å²) in [5.74, 6) is 1.06. The van der Waals surface area contributed by atoms with Crippen molar-refractivity contribution in [1.29, 1.82) is 0 Å². The maximum Gasteiger partial charge on any atom is 0.253 e. The number of anilines is 1. The second-order valence-corrected chi connectivity index (χ2v) is 6.23. The molecule has 3 rings (SSSR count). The lowest BCUT2D eigenvalue weighted by molar-refractivity contribution is -0.116. The van der Waals surface area contributed by atoms with E-state index in [0.29, 0.717) is 24.8 Å². The van der Waals surface area contributed by atoms with Gasteiger partial charge in [0.15, 0.2) is 0 Å². The molecule has 0 atom stereocenters. The number of nitrogens with zero attached hydrogens (tertiary/aromatic N) is 2. The highest BCUT2D eigenvalue weighted by Crippen LogP contribution is 2.34. The van der Waals surface area contributed by atoms with Gasteiger partial charge in [-0.15, -0.1) is 0 Å². The average Bonchev–Trinajstić information content (AvgIpc) is 2.55. The summed E-state index contributed by atoms with van der Waals surface area (Å²) in [6.07, 6.45) is 5.21. The van der Waals surface area contributed by atoms with Crippen LogP contribution in [-0.2, 0) is 11.3 Å². The smallest absolute Gasteiger partial charge is 0.253 e. The van der Waals surface area contributed by atoms with Crippen LogP contribution in [0.3, 0.4) is 0 Å². The van der Waals surface area contributed by atoms with Crippen molar-refractivity contribution in [2.75, 3.05) is 11.9 Å². The van der Waals surface area contributed by atoms with Crippen LogP contribution in [0.5, 0.6) is 5.75 Å². The molecule has 6 nitrogen and oxygen atoms in total. The summed E-state index contributed by atoms with van der Waals surface area (Å²) in [5.41, 5.74) is 1.50. The van der Waals surface area contributed by atoms with Crippen molar-refractivity contribution >= 4 is 11.6 Å². The van der Waals surface area contributed by atoms with Gasteiger partial charge in [-0.2, -0.15) is 0 Å². The molecule has 1 aromatic heterocycles. The quantitative estimate of drug-likeness (QED) is 0.840. The average molecular weight is 341 g/mol. The Morgan fingerprint density at radius 3 is 2.68 bits per heavy atom. The van der Waals surface area contributed by atoms with Crippen LogP contribution in [0.25, 0.3) is 0 Å². The number of aryl methyl sites for hydroxylation is 1. The zero-order valence-corrected chi connectivity index (χ0v) is 14.4. The predicted molar refractivity (Wildman–Crippen MR) is 95.9 cm³/mol. The summed E-state index contributed by atoms with van der Waals surface area (Å²) in [7, 11) is 0. The maximum absolute atomic E-state index is 12.1. The number of hydrogen-bond donors (Lipinski definition) is 1. The molecule has 1 aliphatic carbocycles. The van der Waals surface area contributed by atoms with Crippen LogP contribution in [0.15, 0.2) is 41.5 Å². The van der Waals surface area contributed by atoms with Crippen molar-refractivity contribution in [3.05, 3.63) is 52.7 Å². The van der Waals surface area contributed by atoms with Crippen LogP contribution in [-0.4, -0.2) is 22.1 Å². The number of ether oxygens (including phenoxy) is 1. The van der Waals surface area contributed by atoms with Gasteiger partial charge < -0.3 is 10.1 Å². The Hall–Kier alpha value is -2.63.